The number of thioether (sulfide) groups is 1. The molecule has 2 atom stereocenters. The zero-order valence-electron chi connectivity index (χ0n) is 10.3. The van der Waals surface area contributed by atoms with Crippen LogP contribution in [0, 0.1) is 5.92 Å². The Balaban J connectivity index is 1.83. The van der Waals surface area contributed by atoms with Crippen LogP contribution in [0.5, 0.6) is 0 Å². The number of piperidine rings is 1. The van der Waals surface area contributed by atoms with Gasteiger partial charge in [0.25, 0.3) is 0 Å². The number of nitrogens with two attached hydrogens (primary N) is 1. The number of carbonyl (C=O) groups excluding carboxylic acids is 1. The van der Waals surface area contributed by atoms with E-state index in [1.54, 1.807) is 4.90 Å². The van der Waals surface area contributed by atoms with Crippen molar-refractivity contribution in [3.8, 4) is 0 Å². The molecule has 5 N–H and O–H groups in total. The molecule has 1 saturated heterocycles. The molecule has 2 heterocycles. The fourth-order valence-corrected chi connectivity index (χ4v) is 2.67. The summed E-state index contributed by atoms with van der Waals surface area (Å²) in [6, 6.07) is 0. The maximum atomic E-state index is 12.0. The first-order valence-electron chi connectivity index (χ1n) is 5.97. The van der Waals surface area contributed by atoms with Crippen molar-refractivity contribution in [3.63, 3.8) is 0 Å². The summed E-state index contributed by atoms with van der Waals surface area (Å²) < 4.78 is 0. The number of nitrogens with one attached hydrogen (secondary N) is 1. The van der Waals surface area contributed by atoms with Crippen molar-refractivity contribution < 1.29 is 15.0 Å². The predicted molar refractivity (Wildman–Crippen MR) is 69.3 cm³/mol. The zero-order valence-corrected chi connectivity index (χ0v) is 11.1. The molecule has 1 fully saturated rings. The normalized spacial score (nSPS) is 23.6. The summed E-state index contributed by atoms with van der Waals surface area (Å²) in [5.74, 6) is 0.114. The molecule has 8 nitrogen and oxygen atoms in total. The lowest BCUT2D eigenvalue weighted by Crippen LogP contribution is -2.47. The topological polar surface area (TPSA) is 128 Å². The van der Waals surface area contributed by atoms with E-state index >= 15 is 0 Å². The molecule has 1 aromatic heterocycles. The SMILES string of the molecule is Nc1nc(SCC(=O)N2CC[C@@H](O)[C@@H](CO)C2)n[nH]1. The summed E-state index contributed by atoms with van der Waals surface area (Å²) in [4.78, 5) is 17.5. The van der Waals surface area contributed by atoms with Crippen molar-refractivity contribution in [3.05, 3.63) is 0 Å². The molecular weight excluding hydrogens is 270 g/mol. The number of aliphatic hydroxyl groups excluding tert-OH is 2. The largest absolute Gasteiger partial charge is 0.396 e. The number of aromatic amines is 1. The van der Waals surface area contributed by atoms with Crippen LogP contribution < -0.4 is 5.73 Å². The maximum absolute atomic E-state index is 12.0. The highest BCUT2D eigenvalue weighted by Crippen LogP contribution is 2.19. The standard InChI is InChI=1S/C10H17N5O3S/c11-9-12-10(14-13-9)19-5-8(18)15-2-1-7(17)6(3-15)4-16/h6-7,16-17H,1-5H2,(H3,11,12,13,14)/t6-,7-/m1/s1. The van der Waals surface area contributed by atoms with E-state index in [0.29, 0.717) is 24.7 Å². The monoisotopic (exact) mass is 287 g/mol. The molecule has 0 saturated carbocycles. The van der Waals surface area contributed by atoms with E-state index in [0.717, 1.165) is 0 Å². The van der Waals surface area contributed by atoms with Gasteiger partial charge >= 0.3 is 0 Å². The summed E-state index contributed by atoms with van der Waals surface area (Å²) in [6.45, 7) is 0.774. The van der Waals surface area contributed by atoms with E-state index in [-0.39, 0.29) is 30.1 Å². The van der Waals surface area contributed by atoms with E-state index < -0.39 is 6.10 Å². The van der Waals surface area contributed by atoms with Gasteiger partial charge in [-0.15, -0.1) is 5.10 Å². The first-order valence-corrected chi connectivity index (χ1v) is 6.96. The fourth-order valence-electron chi connectivity index (χ4n) is 1.97. The van der Waals surface area contributed by atoms with Gasteiger partial charge in [-0.2, -0.15) is 4.98 Å². The number of aliphatic hydroxyl groups is 2. The van der Waals surface area contributed by atoms with Crippen LogP contribution >= 0.6 is 11.8 Å². The minimum atomic E-state index is -0.533. The van der Waals surface area contributed by atoms with Crippen molar-refractivity contribution in [2.75, 3.05) is 31.2 Å². The van der Waals surface area contributed by atoms with Gasteiger partial charge in [0.1, 0.15) is 0 Å². The average Bonchev–Trinajstić information content (AvgIpc) is 2.82. The van der Waals surface area contributed by atoms with Crippen LogP contribution in [0.25, 0.3) is 0 Å². The number of anilines is 1. The Labute approximate surface area is 114 Å². The van der Waals surface area contributed by atoms with Crippen molar-refractivity contribution in [2.24, 2.45) is 5.92 Å². The molecule has 106 valence electrons. The summed E-state index contributed by atoms with van der Waals surface area (Å²) in [6.07, 6.45) is -0.0376. The van der Waals surface area contributed by atoms with E-state index in [2.05, 4.69) is 15.2 Å². The van der Waals surface area contributed by atoms with Crippen molar-refractivity contribution in [1.82, 2.24) is 20.1 Å². The fraction of sp³-hybridized carbons (Fsp3) is 0.700. The molecule has 1 amide bonds. The van der Waals surface area contributed by atoms with E-state index in [9.17, 15) is 9.90 Å². The Bertz CT molecular complexity index is 441. The zero-order chi connectivity index (χ0) is 13.8. The summed E-state index contributed by atoms with van der Waals surface area (Å²) in [7, 11) is 0. The highest BCUT2D eigenvalue weighted by Gasteiger charge is 2.29. The maximum Gasteiger partial charge on any atom is 0.233 e. The number of H-pyrrole nitrogens is 1. The lowest BCUT2D eigenvalue weighted by atomic mass is 9.95. The highest BCUT2D eigenvalue weighted by molar-refractivity contribution is 7.99. The summed E-state index contributed by atoms with van der Waals surface area (Å²) >= 11 is 1.20. The Kier molecular flexibility index (Phi) is 4.61. The Morgan fingerprint density at radius 2 is 2.42 bits per heavy atom. The molecule has 19 heavy (non-hydrogen) atoms. The number of nitrogen functional groups attached to an aromatic ring is 1. The molecule has 2 rings (SSSR count). The Morgan fingerprint density at radius 3 is 3.05 bits per heavy atom. The van der Waals surface area contributed by atoms with Crippen LogP contribution in [0.1, 0.15) is 6.42 Å². The quantitative estimate of drug-likeness (QED) is 0.506. The Hall–Kier alpha value is -1.32. The molecule has 0 spiro atoms. The van der Waals surface area contributed by atoms with Crippen LogP contribution in [0.4, 0.5) is 5.95 Å². The molecular formula is C10H17N5O3S. The molecule has 9 heteroatoms. The third-order valence-electron chi connectivity index (χ3n) is 3.09. The van der Waals surface area contributed by atoms with Gasteiger partial charge in [-0.25, -0.2) is 5.10 Å². The van der Waals surface area contributed by atoms with Gasteiger partial charge in [0.15, 0.2) is 0 Å². The number of nitrogens with zero attached hydrogens (tertiary/aromatic N) is 3. The molecule has 0 unspecified atom stereocenters. The van der Waals surface area contributed by atoms with Gasteiger partial charge in [-0.05, 0) is 6.42 Å². The van der Waals surface area contributed by atoms with Crippen LogP contribution in [-0.2, 0) is 4.79 Å². The minimum Gasteiger partial charge on any atom is -0.396 e. The molecule has 1 aliphatic heterocycles. The van der Waals surface area contributed by atoms with Gasteiger partial charge in [-0.1, -0.05) is 11.8 Å². The van der Waals surface area contributed by atoms with Gasteiger partial charge in [0.05, 0.1) is 18.5 Å². The lowest BCUT2D eigenvalue weighted by molar-refractivity contribution is -0.132. The number of hydrogen-bond donors (Lipinski definition) is 4. The smallest absolute Gasteiger partial charge is 0.233 e. The van der Waals surface area contributed by atoms with Gasteiger partial charge in [-0.3, -0.25) is 4.79 Å². The molecule has 0 aromatic carbocycles. The predicted octanol–water partition coefficient (Wildman–Crippen LogP) is -1.32. The van der Waals surface area contributed by atoms with Crippen molar-refractivity contribution in [1.29, 1.82) is 0 Å². The number of likely N-dealkylation sites (tertiary alicyclic amines) is 1. The average molecular weight is 287 g/mol. The van der Waals surface area contributed by atoms with Gasteiger partial charge in [0, 0.05) is 19.0 Å². The van der Waals surface area contributed by atoms with Crippen molar-refractivity contribution >= 4 is 23.6 Å². The Morgan fingerprint density at radius 1 is 1.63 bits per heavy atom. The first kappa shape index (κ1) is 14.1. The molecule has 1 aliphatic rings. The minimum absolute atomic E-state index is 0.0567. The van der Waals surface area contributed by atoms with Crippen LogP contribution in [0.15, 0.2) is 5.16 Å². The molecule has 0 aliphatic carbocycles. The third-order valence-corrected chi connectivity index (χ3v) is 3.92. The van der Waals surface area contributed by atoms with Gasteiger partial charge < -0.3 is 20.8 Å². The first-order chi connectivity index (χ1) is 9.10. The summed E-state index contributed by atoms with van der Waals surface area (Å²) in [5, 5.41) is 25.5. The molecule has 0 radical (unpaired) electrons. The number of carbonyl (C=O) groups is 1. The number of rotatable bonds is 4. The van der Waals surface area contributed by atoms with Crippen LogP contribution in [-0.4, -0.2) is 67.8 Å². The third kappa shape index (κ3) is 3.58. The molecule has 0 bridgehead atoms. The van der Waals surface area contributed by atoms with E-state index in [1.165, 1.54) is 11.8 Å². The second-order valence-electron chi connectivity index (χ2n) is 4.43. The number of aromatic nitrogens is 3. The van der Waals surface area contributed by atoms with E-state index in [1.807, 2.05) is 0 Å². The van der Waals surface area contributed by atoms with Crippen molar-refractivity contribution in [2.45, 2.75) is 17.7 Å². The van der Waals surface area contributed by atoms with Crippen LogP contribution in [0.3, 0.4) is 0 Å². The van der Waals surface area contributed by atoms with Gasteiger partial charge in [0.2, 0.25) is 17.0 Å². The number of amides is 1. The van der Waals surface area contributed by atoms with E-state index in [4.69, 9.17) is 10.8 Å². The number of hydrogen-bond acceptors (Lipinski definition) is 7. The van der Waals surface area contributed by atoms with Crippen LogP contribution in [0.2, 0.25) is 0 Å². The lowest BCUT2D eigenvalue weighted by Gasteiger charge is -2.35. The second kappa shape index (κ2) is 6.22. The summed E-state index contributed by atoms with van der Waals surface area (Å²) in [5.41, 5.74) is 5.39. The molecule has 1 aromatic rings. The second-order valence-corrected chi connectivity index (χ2v) is 5.37. The highest BCUT2D eigenvalue weighted by atomic mass is 32.2.